The molecule has 0 spiro atoms. The fourth-order valence-electron chi connectivity index (χ4n) is 2.33. The van der Waals surface area contributed by atoms with Gasteiger partial charge in [0.05, 0.1) is 5.92 Å². The Kier molecular flexibility index (Phi) is 6.46. The van der Waals surface area contributed by atoms with Gasteiger partial charge >= 0.3 is 47.2 Å². The second-order valence-electron chi connectivity index (χ2n) is 7.92. The average Bonchev–Trinajstić information content (AvgIpc) is 2.60. The largest absolute Gasteiger partial charge is 0.462 e. The molecule has 1 atom stereocenters. The van der Waals surface area contributed by atoms with Gasteiger partial charge in [0.25, 0.3) is 0 Å². The van der Waals surface area contributed by atoms with Gasteiger partial charge in [-0.05, 0) is 5.41 Å². The zero-order valence-corrected chi connectivity index (χ0v) is 16.3. The van der Waals surface area contributed by atoms with Crippen molar-refractivity contribution >= 4 is 11.9 Å². The molecule has 1 aliphatic carbocycles. The van der Waals surface area contributed by atoms with Gasteiger partial charge in [-0.15, -0.1) is 0 Å². The summed E-state index contributed by atoms with van der Waals surface area (Å²) < 4.78 is 157. The summed E-state index contributed by atoms with van der Waals surface area (Å²) in [6, 6.07) is 0. The van der Waals surface area contributed by atoms with E-state index in [1.165, 1.54) is 6.92 Å². The number of halogens is 11. The maximum Gasteiger partial charge on any atom is 0.384 e. The van der Waals surface area contributed by atoms with Gasteiger partial charge in [0.2, 0.25) is 0 Å². The first-order valence-electron chi connectivity index (χ1n) is 8.38. The molecule has 15 heteroatoms. The predicted octanol–water partition coefficient (Wildman–Crippen LogP) is 4.65. The summed E-state index contributed by atoms with van der Waals surface area (Å²) in [7, 11) is 0. The molecule has 1 saturated carbocycles. The van der Waals surface area contributed by atoms with Gasteiger partial charge in [0.15, 0.2) is 0 Å². The van der Waals surface area contributed by atoms with Gasteiger partial charge in [-0.3, -0.25) is 4.79 Å². The van der Waals surface area contributed by atoms with E-state index in [9.17, 15) is 57.9 Å². The molecule has 0 N–H and O–H groups in total. The number of ether oxygens (including phenoxy) is 2. The van der Waals surface area contributed by atoms with Crippen LogP contribution in [0.2, 0.25) is 0 Å². The average molecular weight is 482 g/mol. The molecular weight excluding hydrogens is 465 g/mol. The second kappa shape index (κ2) is 7.36. The zero-order valence-electron chi connectivity index (χ0n) is 16.3. The van der Waals surface area contributed by atoms with Crippen LogP contribution in [-0.2, 0) is 19.1 Å². The zero-order chi connectivity index (χ0) is 25.1. The molecule has 0 aromatic rings. The first-order chi connectivity index (χ1) is 13.5. The second-order valence-corrected chi connectivity index (χ2v) is 7.92. The summed E-state index contributed by atoms with van der Waals surface area (Å²) in [4.78, 5) is 23.2. The minimum Gasteiger partial charge on any atom is -0.462 e. The number of rotatable bonds is 5. The monoisotopic (exact) mass is 482 g/mol. The molecule has 0 bridgehead atoms. The molecule has 0 radical (unpaired) electrons. The molecule has 182 valence electrons. The Bertz CT molecular complexity index is 698. The van der Waals surface area contributed by atoms with Crippen molar-refractivity contribution in [1.29, 1.82) is 0 Å². The Labute approximate surface area is 168 Å². The van der Waals surface area contributed by atoms with Crippen LogP contribution in [0.1, 0.15) is 27.7 Å². The van der Waals surface area contributed by atoms with Crippen LogP contribution in [0.15, 0.2) is 0 Å². The van der Waals surface area contributed by atoms with Crippen molar-refractivity contribution in [2.24, 2.45) is 11.3 Å². The lowest BCUT2D eigenvalue weighted by Gasteiger charge is -2.50. The minimum atomic E-state index is -7.43. The molecule has 0 aromatic carbocycles. The van der Waals surface area contributed by atoms with Crippen molar-refractivity contribution in [3.05, 3.63) is 0 Å². The van der Waals surface area contributed by atoms with Gasteiger partial charge in [-0.25, -0.2) is 9.18 Å². The third-order valence-electron chi connectivity index (χ3n) is 4.94. The van der Waals surface area contributed by atoms with E-state index < -0.39 is 71.8 Å². The number of esters is 2. The van der Waals surface area contributed by atoms with Crippen LogP contribution < -0.4 is 0 Å². The standard InChI is InChI=1S/C16H17F11O4/c1-7(10(2,3)4)8(28)30-5-6-31-9(29)11(17)12(18,19)14(22,23)16(26,27)15(24,25)13(11,20)21/h7H,5-6H2,1-4H3. The number of hydrogen-bond donors (Lipinski definition) is 0. The quantitative estimate of drug-likeness (QED) is 0.325. The summed E-state index contributed by atoms with van der Waals surface area (Å²) in [6.45, 7) is 3.55. The number of hydrogen-bond acceptors (Lipinski definition) is 4. The SMILES string of the molecule is CC(C(=O)OCCOC(=O)C1(F)C(F)(F)C(F)(F)C(F)(F)C(F)(F)C1(F)F)C(C)(C)C. The fourth-order valence-corrected chi connectivity index (χ4v) is 2.33. The summed E-state index contributed by atoms with van der Waals surface area (Å²) >= 11 is 0. The van der Waals surface area contributed by atoms with E-state index >= 15 is 0 Å². The summed E-state index contributed by atoms with van der Waals surface area (Å²) in [6.07, 6.45) is 0. The predicted molar refractivity (Wildman–Crippen MR) is 79.1 cm³/mol. The Morgan fingerprint density at radius 1 is 0.677 bits per heavy atom. The Hall–Kier alpha value is -1.83. The number of alkyl halides is 11. The first-order valence-corrected chi connectivity index (χ1v) is 8.38. The van der Waals surface area contributed by atoms with Crippen LogP contribution in [-0.4, -0.2) is 60.4 Å². The highest BCUT2D eigenvalue weighted by molar-refractivity contribution is 5.84. The molecule has 1 fully saturated rings. The Morgan fingerprint density at radius 3 is 1.35 bits per heavy atom. The summed E-state index contributed by atoms with van der Waals surface area (Å²) in [5, 5.41) is 0. The molecule has 0 amide bonds. The van der Waals surface area contributed by atoms with Crippen molar-refractivity contribution in [2.75, 3.05) is 13.2 Å². The van der Waals surface area contributed by atoms with Gasteiger partial charge < -0.3 is 9.47 Å². The van der Waals surface area contributed by atoms with E-state index in [1.54, 1.807) is 20.8 Å². The van der Waals surface area contributed by atoms with Crippen molar-refractivity contribution in [1.82, 2.24) is 0 Å². The van der Waals surface area contributed by atoms with Crippen LogP contribution in [0.3, 0.4) is 0 Å². The molecule has 1 unspecified atom stereocenters. The van der Waals surface area contributed by atoms with Crippen LogP contribution in [0, 0.1) is 11.3 Å². The van der Waals surface area contributed by atoms with Crippen molar-refractivity contribution < 1.29 is 67.4 Å². The van der Waals surface area contributed by atoms with E-state index in [-0.39, 0.29) is 0 Å². The Morgan fingerprint density at radius 2 is 1.00 bits per heavy atom. The molecule has 1 rings (SSSR count). The lowest BCUT2D eigenvalue weighted by atomic mass is 9.72. The fraction of sp³-hybridized carbons (Fsp3) is 0.875. The highest BCUT2D eigenvalue weighted by Gasteiger charge is 3.03. The van der Waals surface area contributed by atoms with E-state index in [1.807, 2.05) is 0 Å². The van der Waals surface area contributed by atoms with Crippen molar-refractivity contribution in [3.63, 3.8) is 0 Å². The maximum atomic E-state index is 14.4. The number of carbonyl (C=O) groups is 2. The maximum absolute atomic E-state index is 14.4. The van der Waals surface area contributed by atoms with Gasteiger partial charge in [-0.1, -0.05) is 27.7 Å². The third kappa shape index (κ3) is 3.41. The minimum absolute atomic E-state index is 0.661. The van der Waals surface area contributed by atoms with Crippen LogP contribution in [0.25, 0.3) is 0 Å². The third-order valence-corrected chi connectivity index (χ3v) is 4.94. The van der Waals surface area contributed by atoms with E-state index in [0.29, 0.717) is 0 Å². The summed E-state index contributed by atoms with van der Waals surface area (Å²) in [5.41, 5.74) is -7.54. The molecule has 31 heavy (non-hydrogen) atoms. The Balaban J connectivity index is 3.13. The summed E-state index contributed by atoms with van der Waals surface area (Å²) in [5.74, 6) is -42.3. The number of carbonyl (C=O) groups excluding carboxylic acids is 2. The van der Waals surface area contributed by atoms with Crippen molar-refractivity contribution in [3.8, 4) is 0 Å². The van der Waals surface area contributed by atoms with Gasteiger partial charge in [-0.2, -0.15) is 43.9 Å². The molecule has 4 nitrogen and oxygen atoms in total. The molecule has 0 saturated heterocycles. The lowest BCUT2D eigenvalue weighted by Crippen LogP contribution is -2.85. The van der Waals surface area contributed by atoms with E-state index in [4.69, 9.17) is 0 Å². The normalized spacial score (nSPS) is 25.9. The van der Waals surface area contributed by atoms with Crippen LogP contribution in [0.4, 0.5) is 48.3 Å². The van der Waals surface area contributed by atoms with Gasteiger partial charge in [0.1, 0.15) is 13.2 Å². The molecule has 0 heterocycles. The van der Waals surface area contributed by atoms with E-state index in [2.05, 4.69) is 9.47 Å². The molecule has 0 aliphatic heterocycles. The van der Waals surface area contributed by atoms with E-state index in [0.717, 1.165) is 0 Å². The topological polar surface area (TPSA) is 52.6 Å². The van der Waals surface area contributed by atoms with Crippen LogP contribution in [0.5, 0.6) is 0 Å². The van der Waals surface area contributed by atoms with Gasteiger partial charge in [0, 0.05) is 0 Å². The smallest absolute Gasteiger partial charge is 0.384 e. The highest BCUT2D eigenvalue weighted by Crippen LogP contribution is 2.69. The molecule has 1 aliphatic rings. The first kappa shape index (κ1) is 27.2. The lowest BCUT2D eigenvalue weighted by molar-refractivity contribution is -0.478. The van der Waals surface area contributed by atoms with Crippen LogP contribution >= 0.6 is 0 Å². The molecule has 0 aromatic heterocycles. The van der Waals surface area contributed by atoms with Crippen molar-refractivity contribution in [2.45, 2.75) is 63.0 Å². The molecular formula is C16H17F11O4. The highest BCUT2D eigenvalue weighted by atomic mass is 19.4.